The molecule has 0 unspecified atom stereocenters. The van der Waals surface area contributed by atoms with Crippen LogP contribution in [0.15, 0.2) is 97.1 Å². The standard InChI is InChI=1S/C40H46N6S2.BrH/c1-41(2)33-21-15-31(16-22-33)19-25-39-43(5)35-11-7-9-13-37(35)45(39)27-29-47-48-30-28-46-38-14-10-8-12-36(38)44(6)40(46)26-20-32-17-23-34(24-18-32)42(3)4;/h7-26H,27-30H2,1-6H3;1H/q+2;/p-1. The highest BCUT2D eigenvalue weighted by Crippen LogP contribution is 2.26. The summed E-state index contributed by atoms with van der Waals surface area (Å²) in [4.78, 5) is 4.26. The summed E-state index contributed by atoms with van der Waals surface area (Å²) in [5, 5.41) is 0. The number of aryl methyl sites for hydroxylation is 4. The number of fused-ring (bicyclic) bond motifs is 2. The Balaban J connectivity index is 0.00000468. The first-order valence-electron chi connectivity index (χ1n) is 16.4. The molecule has 0 bridgehead atoms. The van der Waals surface area contributed by atoms with Crippen LogP contribution in [0.1, 0.15) is 22.8 Å². The Hall–Kier alpha value is -3.92. The van der Waals surface area contributed by atoms with Crippen molar-refractivity contribution in [2.24, 2.45) is 14.1 Å². The highest BCUT2D eigenvalue weighted by atomic mass is 79.9. The lowest BCUT2D eigenvalue weighted by atomic mass is 10.2. The highest BCUT2D eigenvalue weighted by molar-refractivity contribution is 8.76. The highest BCUT2D eigenvalue weighted by Gasteiger charge is 2.22. The van der Waals surface area contributed by atoms with E-state index in [-0.39, 0.29) is 17.0 Å². The molecule has 0 saturated heterocycles. The van der Waals surface area contributed by atoms with E-state index in [0.29, 0.717) is 0 Å². The van der Waals surface area contributed by atoms with Crippen molar-refractivity contribution >= 4 is 79.3 Å². The molecule has 0 amide bonds. The van der Waals surface area contributed by atoms with Gasteiger partial charge in [-0.3, -0.25) is 0 Å². The lowest BCUT2D eigenvalue weighted by molar-refractivity contribution is -0.647. The molecule has 0 aliphatic rings. The topological polar surface area (TPSA) is 24.1 Å². The molecule has 0 spiro atoms. The molecule has 0 saturated carbocycles. The second kappa shape index (κ2) is 16.7. The van der Waals surface area contributed by atoms with Crippen LogP contribution in [0.2, 0.25) is 0 Å². The van der Waals surface area contributed by atoms with Crippen LogP contribution in [0.5, 0.6) is 0 Å². The lowest BCUT2D eigenvalue weighted by Gasteiger charge is -2.11. The molecule has 9 heteroatoms. The molecule has 2 aromatic heterocycles. The smallest absolute Gasteiger partial charge is 0.282 e. The summed E-state index contributed by atoms with van der Waals surface area (Å²) in [5.41, 5.74) is 9.85. The second-order valence-corrected chi connectivity index (χ2v) is 15.1. The first-order valence-corrected chi connectivity index (χ1v) is 18.9. The van der Waals surface area contributed by atoms with Crippen molar-refractivity contribution in [2.45, 2.75) is 13.1 Å². The monoisotopic (exact) mass is 753 g/mol. The van der Waals surface area contributed by atoms with Crippen LogP contribution < -0.4 is 35.9 Å². The van der Waals surface area contributed by atoms with Gasteiger partial charge >= 0.3 is 0 Å². The van der Waals surface area contributed by atoms with Gasteiger partial charge in [0.15, 0.2) is 22.1 Å². The van der Waals surface area contributed by atoms with Crippen molar-refractivity contribution in [1.29, 1.82) is 0 Å². The zero-order valence-corrected chi connectivity index (χ0v) is 32.5. The van der Waals surface area contributed by atoms with Gasteiger partial charge in [0.2, 0.25) is 0 Å². The largest absolute Gasteiger partial charge is 1.00 e. The minimum absolute atomic E-state index is 0. The Kier molecular flexibility index (Phi) is 12.4. The van der Waals surface area contributed by atoms with Gasteiger partial charge in [0.05, 0.1) is 14.1 Å². The zero-order chi connectivity index (χ0) is 33.6. The average Bonchev–Trinajstić information content (AvgIpc) is 3.53. The third kappa shape index (κ3) is 8.28. The molecule has 0 aliphatic carbocycles. The number of imidazole rings is 2. The van der Waals surface area contributed by atoms with Gasteiger partial charge in [0.1, 0.15) is 13.1 Å². The number of halogens is 1. The van der Waals surface area contributed by atoms with Crippen LogP contribution in [0.3, 0.4) is 0 Å². The summed E-state index contributed by atoms with van der Waals surface area (Å²) in [6, 6.07) is 34.8. The van der Waals surface area contributed by atoms with Gasteiger partial charge in [0, 0.05) is 63.2 Å². The van der Waals surface area contributed by atoms with Gasteiger partial charge in [-0.2, -0.15) is 0 Å². The molecular formula is C40H46BrN6S2+. The van der Waals surface area contributed by atoms with Crippen LogP contribution in [-0.2, 0) is 27.2 Å². The van der Waals surface area contributed by atoms with Crippen LogP contribution in [0.4, 0.5) is 11.4 Å². The fraction of sp³-hybridized carbons (Fsp3) is 0.250. The fourth-order valence-electron chi connectivity index (χ4n) is 6.17. The molecule has 6 nitrogen and oxygen atoms in total. The lowest BCUT2D eigenvalue weighted by Crippen LogP contribution is -3.00. The summed E-state index contributed by atoms with van der Waals surface area (Å²) in [6.45, 7) is 1.89. The predicted molar refractivity (Wildman–Crippen MR) is 211 cm³/mol. The predicted octanol–water partition coefficient (Wildman–Crippen LogP) is 4.80. The number of benzene rings is 4. The van der Waals surface area contributed by atoms with Gasteiger partial charge in [-0.05, 0) is 71.8 Å². The van der Waals surface area contributed by atoms with E-state index in [2.05, 4.69) is 192 Å². The number of para-hydroxylation sites is 4. The Bertz CT molecular complexity index is 1910. The van der Waals surface area contributed by atoms with Gasteiger partial charge < -0.3 is 26.8 Å². The average molecular weight is 755 g/mol. The summed E-state index contributed by atoms with van der Waals surface area (Å²) >= 11 is 0. The van der Waals surface area contributed by atoms with E-state index in [1.165, 1.54) is 56.2 Å². The van der Waals surface area contributed by atoms with Crippen molar-refractivity contribution in [3.63, 3.8) is 0 Å². The minimum Gasteiger partial charge on any atom is -1.00 e. The van der Waals surface area contributed by atoms with Crippen LogP contribution in [-0.4, -0.2) is 48.8 Å². The van der Waals surface area contributed by atoms with E-state index < -0.39 is 0 Å². The number of aromatic nitrogens is 4. The SMILES string of the molecule is CN(C)c1ccc(/C=C/c2n(CCSSCCn3c(/C=C/c4ccc(N(C)C)cc4)[n+](C)c4ccccc43)c3ccccc3[n+]2C)cc1.[Br-]. The van der Waals surface area contributed by atoms with E-state index in [9.17, 15) is 0 Å². The second-order valence-electron chi connectivity index (χ2n) is 12.4. The van der Waals surface area contributed by atoms with Gasteiger partial charge in [-0.15, -0.1) is 0 Å². The van der Waals surface area contributed by atoms with Crippen molar-refractivity contribution in [3.05, 3.63) is 120 Å². The molecule has 0 radical (unpaired) electrons. The zero-order valence-electron chi connectivity index (χ0n) is 29.3. The van der Waals surface area contributed by atoms with Gasteiger partial charge in [0.25, 0.3) is 11.6 Å². The Morgan fingerprint density at radius 2 is 0.898 bits per heavy atom. The summed E-state index contributed by atoms with van der Waals surface area (Å²) in [7, 11) is 16.6. The fourth-order valence-corrected chi connectivity index (χ4v) is 8.07. The van der Waals surface area contributed by atoms with Gasteiger partial charge in [-0.25, -0.2) is 18.3 Å². The number of nitrogens with zero attached hydrogens (tertiary/aromatic N) is 6. The first kappa shape index (κ1) is 36.4. The van der Waals surface area contributed by atoms with E-state index in [0.717, 1.165) is 24.6 Å². The molecular weight excluding hydrogens is 709 g/mol. The quantitative estimate of drug-likeness (QED) is 0.0962. The Morgan fingerprint density at radius 1 is 0.531 bits per heavy atom. The molecule has 49 heavy (non-hydrogen) atoms. The van der Waals surface area contributed by atoms with Crippen molar-refractivity contribution < 1.29 is 26.1 Å². The number of rotatable bonds is 13. The van der Waals surface area contributed by atoms with E-state index in [1.807, 2.05) is 21.6 Å². The number of hydrogen-bond donors (Lipinski definition) is 0. The van der Waals surface area contributed by atoms with Crippen molar-refractivity contribution in [1.82, 2.24) is 9.13 Å². The molecule has 0 atom stereocenters. The van der Waals surface area contributed by atoms with Crippen LogP contribution in [0.25, 0.3) is 46.4 Å². The molecule has 6 aromatic rings. The third-order valence-corrected chi connectivity index (χ3v) is 11.2. The first-order chi connectivity index (χ1) is 23.3. The summed E-state index contributed by atoms with van der Waals surface area (Å²) in [5.74, 6) is 4.46. The van der Waals surface area contributed by atoms with E-state index >= 15 is 0 Å². The number of anilines is 2. The molecule has 0 N–H and O–H groups in total. The van der Waals surface area contributed by atoms with Crippen molar-refractivity contribution in [2.75, 3.05) is 49.5 Å². The van der Waals surface area contributed by atoms with Crippen molar-refractivity contribution in [3.8, 4) is 0 Å². The van der Waals surface area contributed by atoms with Crippen LogP contribution in [0, 0.1) is 0 Å². The van der Waals surface area contributed by atoms with Gasteiger partial charge in [-0.1, -0.05) is 70.1 Å². The molecule has 2 heterocycles. The Morgan fingerprint density at radius 3 is 1.27 bits per heavy atom. The maximum Gasteiger partial charge on any atom is 0.282 e. The minimum atomic E-state index is 0. The molecule has 0 fully saturated rings. The molecule has 6 rings (SSSR count). The maximum absolute atomic E-state index is 2.46. The van der Waals surface area contributed by atoms with E-state index in [4.69, 9.17) is 0 Å². The maximum atomic E-state index is 2.46. The number of hydrogen-bond acceptors (Lipinski definition) is 4. The molecule has 254 valence electrons. The molecule has 0 aliphatic heterocycles. The van der Waals surface area contributed by atoms with Crippen LogP contribution >= 0.6 is 21.6 Å². The normalized spacial score (nSPS) is 11.6. The summed E-state index contributed by atoms with van der Waals surface area (Å²) in [6.07, 6.45) is 8.95. The van der Waals surface area contributed by atoms with E-state index in [1.54, 1.807) is 0 Å². The Labute approximate surface area is 309 Å². The molecule has 4 aromatic carbocycles. The third-order valence-electron chi connectivity index (χ3n) is 8.86. The summed E-state index contributed by atoms with van der Waals surface area (Å²) < 4.78 is 9.53.